The Labute approximate surface area is 159 Å². The fourth-order valence-electron chi connectivity index (χ4n) is 3.16. The summed E-state index contributed by atoms with van der Waals surface area (Å²) in [5, 5.41) is 2.52. The van der Waals surface area contributed by atoms with Crippen molar-refractivity contribution < 1.29 is 23.1 Å². The van der Waals surface area contributed by atoms with E-state index in [2.05, 4.69) is 5.32 Å². The molecule has 28 heavy (non-hydrogen) atoms. The second-order valence-electron chi connectivity index (χ2n) is 6.46. The van der Waals surface area contributed by atoms with Crippen LogP contribution in [0.2, 0.25) is 0 Å². The molecule has 1 N–H and O–H groups in total. The number of amides is 1. The van der Waals surface area contributed by atoms with Gasteiger partial charge in [-0.2, -0.15) is 0 Å². The standard InChI is InChI=1S/C22H15F2NO3/c23-16-8-5-13(6-9-16)20-12-15-11-14(7-10-17(15)22(27)28-20)21(26)25-19-4-2-1-3-18(19)24/h1-11,20H,12H2,(H,25,26)/t20-/m0/s1. The fraction of sp³-hybridized carbons (Fsp3) is 0.0909. The molecule has 140 valence electrons. The largest absolute Gasteiger partial charge is 0.454 e. The van der Waals surface area contributed by atoms with Crippen LogP contribution in [-0.4, -0.2) is 11.9 Å². The minimum atomic E-state index is -0.564. The highest BCUT2D eigenvalue weighted by molar-refractivity contribution is 6.05. The second kappa shape index (κ2) is 7.23. The Morgan fingerprint density at radius 2 is 1.75 bits per heavy atom. The lowest BCUT2D eigenvalue weighted by Crippen LogP contribution is -2.23. The number of para-hydroxylation sites is 1. The maximum Gasteiger partial charge on any atom is 0.339 e. The van der Waals surface area contributed by atoms with E-state index in [9.17, 15) is 18.4 Å². The number of halogens is 2. The van der Waals surface area contributed by atoms with Crippen LogP contribution in [0.15, 0.2) is 66.7 Å². The molecule has 3 aromatic rings. The van der Waals surface area contributed by atoms with Crippen molar-refractivity contribution in [1.29, 1.82) is 0 Å². The summed E-state index contributed by atoms with van der Waals surface area (Å²) in [7, 11) is 0. The summed E-state index contributed by atoms with van der Waals surface area (Å²) in [6.45, 7) is 0. The average Bonchev–Trinajstić information content (AvgIpc) is 2.69. The molecule has 0 aromatic heterocycles. The number of nitrogens with one attached hydrogen (secondary N) is 1. The molecule has 0 saturated carbocycles. The smallest absolute Gasteiger partial charge is 0.339 e. The number of carbonyl (C=O) groups excluding carboxylic acids is 2. The topological polar surface area (TPSA) is 55.4 Å². The molecule has 1 aliphatic heterocycles. The van der Waals surface area contributed by atoms with E-state index in [0.717, 1.165) is 0 Å². The van der Waals surface area contributed by atoms with Crippen LogP contribution in [0.5, 0.6) is 0 Å². The first-order valence-electron chi connectivity index (χ1n) is 8.66. The lowest BCUT2D eigenvalue weighted by Gasteiger charge is -2.25. The van der Waals surface area contributed by atoms with Gasteiger partial charge in [0, 0.05) is 12.0 Å². The van der Waals surface area contributed by atoms with E-state index in [1.54, 1.807) is 24.3 Å². The molecule has 0 spiro atoms. The highest BCUT2D eigenvalue weighted by atomic mass is 19.1. The van der Waals surface area contributed by atoms with Crippen molar-refractivity contribution in [3.8, 4) is 0 Å². The van der Waals surface area contributed by atoms with E-state index < -0.39 is 23.8 Å². The van der Waals surface area contributed by atoms with Gasteiger partial charge in [-0.15, -0.1) is 0 Å². The lowest BCUT2D eigenvalue weighted by atomic mass is 9.93. The van der Waals surface area contributed by atoms with Crippen LogP contribution >= 0.6 is 0 Å². The normalized spacial score (nSPS) is 15.5. The van der Waals surface area contributed by atoms with E-state index in [0.29, 0.717) is 28.7 Å². The average molecular weight is 379 g/mol. The number of anilines is 1. The SMILES string of the molecule is O=C(Nc1ccccc1F)c1ccc2c(c1)C[C@@H](c1ccc(F)cc1)OC2=O. The zero-order valence-electron chi connectivity index (χ0n) is 14.6. The van der Waals surface area contributed by atoms with E-state index in [1.807, 2.05) is 0 Å². The van der Waals surface area contributed by atoms with Gasteiger partial charge in [0.05, 0.1) is 11.3 Å². The van der Waals surface area contributed by atoms with E-state index in [1.165, 1.54) is 42.5 Å². The zero-order chi connectivity index (χ0) is 19.7. The number of ether oxygens (including phenoxy) is 1. The third-order valence-electron chi connectivity index (χ3n) is 4.61. The lowest BCUT2D eigenvalue weighted by molar-refractivity contribution is 0.0252. The van der Waals surface area contributed by atoms with Gasteiger partial charge in [-0.05, 0) is 53.6 Å². The van der Waals surface area contributed by atoms with Gasteiger partial charge in [0.15, 0.2) is 0 Å². The Bertz CT molecular complexity index is 1060. The highest BCUT2D eigenvalue weighted by Crippen LogP contribution is 2.31. The molecule has 4 rings (SSSR count). The van der Waals surface area contributed by atoms with Gasteiger partial charge in [-0.3, -0.25) is 4.79 Å². The number of carbonyl (C=O) groups is 2. The Kier molecular flexibility index (Phi) is 4.61. The number of fused-ring (bicyclic) bond motifs is 1. The summed E-state index contributed by atoms with van der Waals surface area (Å²) >= 11 is 0. The van der Waals surface area contributed by atoms with Gasteiger partial charge in [0.2, 0.25) is 0 Å². The van der Waals surface area contributed by atoms with Crippen LogP contribution in [-0.2, 0) is 11.2 Å². The maximum atomic E-state index is 13.8. The first kappa shape index (κ1) is 17.9. The van der Waals surface area contributed by atoms with Crippen LogP contribution < -0.4 is 5.32 Å². The van der Waals surface area contributed by atoms with E-state index in [-0.39, 0.29) is 11.5 Å². The summed E-state index contributed by atoms with van der Waals surface area (Å²) in [5.74, 6) is -1.89. The molecule has 4 nitrogen and oxygen atoms in total. The zero-order valence-corrected chi connectivity index (χ0v) is 14.6. The van der Waals surface area contributed by atoms with Crippen LogP contribution in [0.25, 0.3) is 0 Å². The molecule has 0 aliphatic carbocycles. The van der Waals surface area contributed by atoms with Crippen LogP contribution in [0.1, 0.15) is 37.9 Å². The molecule has 6 heteroatoms. The number of esters is 1. The van der Waals surface area contributed by atoms with E-state index >= 15 is 0 Å². The third kappa shape index (κ3) is 3.49. The van der Waals surface area contributed by atoms with Gasteiger partial charge in [-0.1, -0.05) is 24.3 Å². The Morgan fingerprint density at radius 3 is 2.50 bits per heavy atom. The van der Waals surface area contributed by atoms with Crippen LogP contribution in [0.3, 0.4) is 0 Å². The van der Waals surface area contributed by atoms with Crippen LogP contribution in [0, 0.1) is 11.6 Å². The molecule has 0 radical (unpaired) electrons. The predicted octanol–water partition coefficient (Wildman–Crippen LogP) is 4.67. The van der Waals surface area contributed by atoms with Gasteiger partial charge in [0.1, 0.15) is 17.7 Å². The number of rotatable bonds is 3. The quantitative estimate of drug-likeness (QED) is 0.673. The number of hydrogen-bond acceptors (Lipinski definition) is 3. The summed E-state index contributed by atoms with van der Waals surface area (Å²) < 4.78 is 32.3. The number of benzene rings is 3. The van der Waals surface area contributed by atoms with Crippen molar-refractivity contribution in [2.75, 3.05) is 5.32 Å². The monoisotopic (exact) mass is 379 g/mol. The molecule has 0 unspecified atom stereocenters. The molecule has 3 aromatic carbocycles. The number of hydrogen-bond donors (Lipinski definition) is 1. The van der Waals surface area contributed by atoms with Crippen molar-refractivity contribution in [2.45, 2.75) is 12.5 Å². The molecule has 0 saturated heterocycles. The molecule has 0 fully saturated rings. The molecule has 1 heterocycles. The Hall–Kier alpha value is -3.54. The molecular formula is C22H15F2NO3. The number of cyclic esters (lactones) is 1. The second-order valence-corrected chi connectivity index (χ2v) is 6.46. The van der Waals surface area contributed by atoms with Gasteiger partial charge in [-0.25, -0.2) is 13.6 Å². The first-order valence-corrected chi connectivity index (χ1v) is 8.66. The first-order chi connectivity index (χ1) is 13.5. The van der Waals surface area contributed by atoms with Crippen molar-refractivity contribution >= 4 is 17.6 Å². The summed E-state index contributed by atoms with van der Waals surface area (Å²) in [6, 6.07) is 16.2. The van der Waals surface area contributed by atoms with Gasteiger partial charge >= 0.3 is 5.97 Å². The Morgan fingerprint density at radius 1 is 1.00 bits per heavy atom. The third-order valence-corrected chi connectivity index (χ3v) is 4.61. The summed E-state index contributed by atoms with van der Waals surface area (Å²) in [6.07, 6.45) is -0.210. The van der Waals surface area contributed by atoms with Crippen molar-refractivity contribution in [1.82, 2.24) is 0 Å². The van der Waals surface area contributed by atoms with Crippen molar-refractivity contribution in [3.05, 3.63) is 101 Å². The molecule has 0 bridgehead atoms. The molecule has 1 atom stereocenters. The van der Waals surface area contributed by atoms with Crippen molar-refractivity contribution in [3.63, 3.8) is 0 Å². The molecular weight excluding hydrogens is 364 g/mol. The molecule has 1 amide bonds. The summed E-state index contributed by atoms with van der Waals surface area (Å²) in [4.78, 5) is 24.8. The van der Waals surface area contributed by atoms with Gasteiger partial charge < -0.3 is 10.1 Å². The molecule has 1 aliphatic rings. The van der Waals surface area contributed by atoms with Gasteiger partial charge in [0.25, 0.3) is 5.91 Å². The fourth-order valence-corrected chi connectivity index (χ4v) is 3.16. The van der Waals surface area contributed by atoms with E-state index in [4.69, 9.17) is 4.74 Å². The maximum absolute atomic E-state index is 13.8. The summed E-state index contributed by atoms with van der Waals surface area (Å²) in [5.41, 5.74) is 2.07. The van der Waals surface area contributed by atoms with Crippen molar-refractivity contribution in [2.24, 2.45) is 0 Å². The van der Waals surface area contributed by atoms with Crippen LogP contribution in [0.4, 0.5) is 14.5 Å². The highest BCUT2D eigenvalue weighted by Gasteiger charge is 2.28. The minimum absolute atomic E-state index is 0.0776. The Balaban J connectivity index is 1.60. The minimum Gasteiger partial charge on any atom is -0.454 e. The predicted molar refractivity (Wildman–Crippen MR) is 99.1 cm³/mol.